The summed E-state index contributed by atoms with van der Waals surface area (Å²) in [5, 5.41) is 19.0. The Balaban J connectivity index is 1.31. The molecule has 0 fully saturated rings. The number of rotatable bonds is 9. The van der Waals surface area contributed by atoms with Crippen molar-refractivity contribution in [1.82, 2.24) is 25.1 Å². The number of carbonyl (C=O) groups is 1. The van der Waals surface area contributed by atoms with E-state index >= 15 is 0 Å². The fraction of sp³-hybridized carbons (Fsp3) is 0.217. The zero-order valence-electron chi connectivity index (χ0n) is 17.0. The molecule has 7 nitrogen and oxygen atoms in total. The summed E-state index contributed by atoms with van der Waals surface area (Å²) in [4.78, 5) is 12.1. The maximum Gasteiger partial charge on any atom is 0.251 e. The van der Waals surface area contributed by atoms with Gasteiger partial charge >= 0.3 is 0 Å². The Hall–Kier alpha value is -3.81. The van der Waals surface area contributed by atoms with Crippen LogP contribution in [0, 0.1) is 5.82 Å². The van der Waals surface area contributed by atoms with E-state index in [1.54, 1.807) is 10.6 Å². The van der Waals surface area contributed by atoms with Crippen molar-refractivity contribution in [3.8, 4) is 0 Å². The lowest BCUT2D eigenvalue weighted by molar-refractivity contribution is 0.0953. The third kappa shape index (κ3) is 5.42. The molecule has 8 heteroatoms. The summed E-state index contributed by atoms with van der Waals surface area (Å²) in [6, 6.07) is 19.7. The second-order valence-corrected chi connectivity index (χ2v) is 7.14. The van der Waals surface area contributed by atoms with Gasteiger partial charge in [0.05, 0.1) is 0 Å². The first-order valence-electron chi connectivity index (χ1n) is 10.2. The first-order valence-corrected chi connectivity index (χ1v) is 10.2. The van der Waals surface area contributed by atoms with Crippen molar-refractivity contribution >= 4 is 17.4 Å². The SMILES string of the molecule is O=C(NCCc1nnc2ccc(NCCCc3ccccc3)nn12)c1cccc(F)c1. The second kappa shape index (κ2) is 9.80. The Morgan fingerprint density at radius 3 is 2.65 bits per heavy atom. The van der Waals surface area contributed by atoms with E-state index in [2.05, 4.69) is 38.1 Å². The molecule has 0 unspecified atom stereocenters. The van der Waals surface area contributed by atoms with Gasteiger partial charge in [-0.25, -0.2) is 4.39 Å². The Morgan fingerprint density at radius 1 is 0.935 bits per heavy atom. The van der Waals surface area contributed by atoms with Gasteiger partial charge in [0.25, 0.3) is 5.91 Å². The van der Waals surface area contributed by atoms with Crippen LogP contribution in [0.5, 0.6) is 0 Å². The fourth-order valence-electron chi connectivity index (χ4n) is 3.26. The van der Waals surface area contributed by atoms with Crippen LogP contribution in [0.2, 0.25) is 0 Å². The summed E-state index contributed by atoms with van der Waals surface area (Å²) < 4.78 is 14.9. The molecule has 0 saturated carbocycles. The summed E-state index contributed by atoms with van der Waals surface area (Å²) >= 11 is 0. The van der Waals surface area contributed by atoms with Crippen molar-refractivity contribution < 1.29 is 9.18 Å². The highest BCUT2D eigenvalue weighted by atomic mass is 19.1. The van der Waals surface area contributed by atoms with Crippen LogP contribution in [0.15, 0.2) is 66.7 Å². The summed E-state index contributed by atoms with van der Waals surface area (Å²) in [6.45, 7) is 1.14. The lowest BCUT2D eigenvalue weighted by atomic mass is 10.1. The number of carbonyl (C=O) groups excluding carboxylic acids is 1. The summed E-state index contributed by atoms with van der Waals surface area (Å²) in [5.41, 5.74) is 2.24. The van der Waals surface area contributed by atoms with Gasteiger partial charge in [-0.3, -0.25) is 4.79 Å². The van der Waals surface area contributed by atoms with E-state index in [4.69, 9.17) is 0 Å². The van der Waals surface area contributed by atoms with Crippen LogP contribution in [0.4, 0.5) is 10.2 Å². The van der Waals surface area contributed by atoms with E-state index in [9.17, 15) is 9.18 Å². The van der Waals surface area contributed by atoms with E-state index in [1.165, 1.54) is 23.8 Å². The molecule has 0 bridgehead atoms. The number of nitrogens with zero attached hydrogens (tertiary/aromatic N) is 4. The van der Waals surface area contributed by atoms with Gasteiger partial charge in [0.15, 0.2) is 11.5 Å². The highest BCUT2D eigenvalue weighted by molar-refractivity contribution is 5.94. The van der Waals surface area contributed by atoms with E-state index in [0.717, 1.165) is 25.2 Å². The first-order chi connectivity index (χ1) is 15.2. The molecule has 0 spiro atoms. The van der Waals surface area contributed by atoms with Crippen LogP contribution in [0.3, 0.4) is 0 Å². The molecule has 2 aromatic carbocycles. The number of amides is 1. The third-order valence-electron chi connectivity index (χ3n) is 4.84. The minimum Gasteiger partial charge on any atom is -0.369 e. The molecule has 0 saturated heterocycles. The second-order valence-electron chi connectivity index (χ2n) is 7.14. The standard InChI is InChI=1S/C23H23FN6O/c24-19-10-4-9-18(16-19)23(31)26-15-13-22-28-27-21-12-11-20(29-30(21)22)25-14-5-8-17-6-2-1-3-7-17/h1-4,6-7,9-12,16H,5,8,13-15H2,(H,25,29)(H,26,31). The highest BCUT2D eigenvalue weighted by Crippen LogP contribution is 2.09. The maximum absolute atomic E-state index is 13.3. The number of aromatic nitrogens is 4. The van der Waals surface area contributed by atoms with Crippen LogP contribution in [-0.2, 0) is 12.8 Å². The molecular weight excluding hydrogens is 395 g/mol. The van der Waals surface area contributed by atoms with Gasteiger partial charge in [-0.1, -0.05) is 36.4 Å². The predicted octanol–water partition coefficient (Wildman–Crippen LogP) is 3.28. The van der Waals surface area contributed by atoms with E-state index in [0.29, 0.717) is 24.4 Å². The van der Waals surface area contributed by atoms with Crippen LogP contribution in [-0.4, -0.2) is 38.8 Å². The molecule has 0 radical (unpaired) electrons. The number of nitrogens with one attached hydrogen (secondary N) is 2. The molecule has 2 heterocycles. The Morgan fingerprint density at radius 2 is 1.81 bits per heavy atom. The molecule has 0 aliphatic heterocycles. The molecule has 31 heavy (non-hydrogen) atoms. The van der Waals surface area contributed by atoms with Crippen LogP contribution >= 0.6 is 0 Å². The van der Waals surface area contributed by atoms with Crippen LogP contribution < -0.4 is 10.6 Å². The molecule has 1 amide bonds. The van der Waals surface area contributed by atoms with Crippen molar-refractivity contribution in [2.45, 2.75) is 19.3 Å². The average molecular weight is 418 g/mol. The molecule has 158 valence electrons. The zero-order chi connectivity index (χ0) is 21.5. The minimum absolute atomic E-state index is 0.284. The van der Waals surface area contributed by atoms with E-state index < -0.39 is 5.82 Å². The lowest BCUT2D eigenvalue weighted by Gasteiger charge is -2.07. The molecule has 0 aliphatic carbocycles. The predicted molar refractivity (Wildman–Crippen MR) is 116 cm³/mol. The highest BCUT2D eigenvalue weighted by Gasteiger charge is 2.10. The molecule has 2 N–H and O–H groups in total. The van der Waals surface area contributed by atoms with Gasteiger partial charge in [0.1, 0.15) is 11.6 Å². The van der Waals surface area contributed by atoms with Gasteiger partial charge in [0, 0.05) is 25.1 Å². The van der Waals surface area contributed by atoms with E-state index in [1.807, 2.05) is 30.3 Å². The van der Waals surface area contributed by atoms with Crippen molar-refractivity contribution in [1.29, 1.82) is 0 Å². The Kier molecular flexibility index (Phi) is 6.47. The number of benzene rings is 2. The van der Waals surface area contributed by atoms with Crippen molar-refractivity contribution in [3.63, 3.8) is 0 Å². The average Bonchev–Trinajstić information content (AvgIpc) is 3.19. The summed E-state index contributed by atoms with van der Waals surface area (Å²) in [6.07, 6.45) is 2.44. The Bertz CT molecular complexity index is 1160. The smallest absolute Gasteiger partial charge is 0.251 e. The first kappa shape index (κ1) is 20.5. The zero-order valence-corrected chi connectivity index (χ0v) is 17.0. The topological polar surface area (TPSA) is 84.2 Å². The number of hydrogen-bond donors (Lipinski definition) is 2. The van der Waals surface area contributed by atoms with Crippen molar-refractivity contribution in [3.05, 3.63) is 89.5 Å². The van der Waals surface area contributed by atoms with Crippen LogP contribution in [0.1, 0.15) is 28.2 Å². The van der Waals surface area contributed by atoms with Gasteiger partial charge in [0.2, 0.25) is 0 Å². The van der Waals surface area contributed by atoms with Crippen molar-refractivity contribution in [2.24, 2.45) is 0 Å². The minimum atomic E-state index is -0.441. The van der Waals surface area contributed by atoms with E-state index in [-0.39, 0.29) is 11.5 Å². The molecular formula is C23H23FN6O. The van der Waals surface area contributed by atoms with Gasteiger partial charge in [-0.05, 0) is 48.7 Å². The molecule has 2 aromatic heterocycles. The number of fused-ring (bicyclic) bond motifs is 1. The van der Waals surface area contributed by atoms with Gasteiger partial charge in [-0.15, -0.1) is 15.3 Å². The number of aryl methyl sites for hydroxylation is 1. The molecule has 4 aromatic rings. The summed E-state index contributed by atoms with van der Waals surface area (Å²) in [5.74, 6) is 0.610. The van der Waals surface area contributed by atoms with Gasteiger partial charge < -0.3 is 10.6 Å². The largest absolute Gasteiger partial charge is 0.369 e. The molecule has 0 aliphatic rings. The normalized spacial score (nSPS) is 10.9. The Labute approximate surface area is 179 Å². The quantitative estimate of drug-likeness (QED) is 0.408. The fourth-order valence-corrected chi connectivity index (χ4v) is 3.26. The lowest BCUT2D eigenvalue weighted by Crippen LogP contribution is -2.26. The van der Waals surface area contributed by atoms with Crippen LogP contribution in [0.25, 0.3) is 5.65 Å². The summed E-state index contributed by atoms with van der Waals surface area (Å²) in [7, 11) is 0. The maximum atomic E-state index is 13.3. The molecule has 4 rings (SSSR count). The van der Waals surface area contributed by atoms with Crippen molar-refractivity contribution in [2.75, 3.05) is 18.4 Å². The molecule has 0 atom stereocenters. The number of halogens is 1. The number of anilines is 1. The van der Waals surface area contributed by atoms with Gasteiger partial charge in [-0.2, -0.15) is 4.52 Å². The third-order valence-corrected chi connectivity index (χ3v) is 4.84. The monoisotopic (exact) mass is 418 g/mol. The number of hydrogen-bond acceptors (Lipinski definition) is 5.